The smallest absolute Gasteiger partial charge is 0.302 e. The van der Waals surface area contributed by atoms with Gasteiger partial charge in [0, 0.05) is 19.8 Å². The quantitative estimate of drug-likeness (QED) is 0.274. The van der Waals surface area contributed by atoms with E-state index in [1.807, 2.05) is 0 Å². The van der Waals surface area contributed by atoms with Crippen LogP contribution in [-0.4, -0.2) is 24.1 Å². The molecule has 0 N–H and O–H groups in total. The average molecular weight is 625 g/mol. The molecule has 0 saturated heterocycles. The molecule has 4 nitrogen and oxygen atoms in total. The van der Waals surface area contributed by atoms with Gasteiger partial charge in [-0.3, -0.25) is 9.59 Å². The van der Waals surface area contributed by atoms with Crippen LogP contribution in [0, 0.1) is 52.3 Å². The van der Waals surface area contributed by atoms with Gasteiger partial charge in [-0.1, -0.05) is 94.4 Å². The molecular formula is C42H56O4. The minimum absolute atomic E-state index is 0.0190. The van der Waals surface area contributed by atoms with Crippen molar-refractivity contribution in [3.8, 4) is 0 Å². The number of esters is 2. The molecule has 4 aliphatic rings. The number of carbonyl (C=O) groups excluding carboxylic acids is 2. The third kappa shape index (κ3) is 5.99. The number of rotatable bonds is 8. The van der Waals surface area contributed by atoms with E-state index in [-0.39, 0.29) is 35.0 Å². The molecule has 0 amide bonds. The van der Waals surface area contributed by atoms with Crippen molar-refractivity contribution in [3.05, 3.63) is 77.9 Å². The Bertz CT molecular complexity index is 1360. The van der Waals surface area contributed by atoms with Gasteiger partial charge in [0.05, 0.1) is 0 Å². The van der Waals surface area contributed by atoms with Crippen LogP contribution >= 0.6 is 0 Å². The van der Waals surface area contributed by atoms with E-state index in [4.69, 9.17) is 9.47 Å². The van der Waals surface area contributed by atoms with Crippen molar-refractivity contribution in [2.75, 3.05) is 0 Å². The molecule has 4 heteroatoms. The van der Waals surface area contributed by atoms with Gasteiger partial charge in [-0.05, 0) is 121 Å². The summed E-state index contributed by atoms with van der Waals surface area (Å²) in [6.45, 7) is 13.0. The molecule has 11 atom stereocenters. The Morgan fingerprint density at radius 3 is 1.98 bits per heavy atom. The Hall–Kier alpha value is -2.88. The molecule has 0 radical (unpaired) electrons. The Morgan fingerprint density at radius 2 is 1.39 bits per heavy atom. The standard InChI is InChI=1S/C42H56O4/c1-7-33-38-26-32(45-28(3)43)22-24-42(38,6)37-23-25-41(5)35(20-21-36(41)39(37)40(33)46-29(4)44)27(2)18-19-34(30-14-10-8-11-15-30)31-16-12-9-13-17-31/h8-17,19,27,32-33,35-40H,7,18,20-26H2,1-6H3/t27-,32-,33-,35?,36?,37?,38+,39?,40-,41-,42-/m1/s1. The van der Waals surface area contributed by atoms with Gasteiger partial charge in [0.15, 0.2) is 0 Å². The van der Waals surface area contributed by atoms with Gasteiger partial charge in [-0.15, -0.1) is 0 Å². The number of benzene rings is 2. The SMILES string of the molecule is CC[C@H]1[C@@H](OC(C)=O)C2C3CCC([C@H](C)CC=C(c4ccccc4)c4ccccc4)[C@@]3(C)CCC2[C@@]2(C)CC[C@@H](OC(C)=O)C[C@@H]12. The summed E-state index contributed by atoms with van der Waals surface area (Å²) in [7, 11) is 0. The largest absolute Gasteiger partial charge is 0.463 e. The maximum Gasteiger partial charge on any atom is 0.302 e. The van der Waals surface area contributed by atoms with E-state index in [2.05, 4.69) is 94.4 Å². The second-order valence-corrected chi connectivity index (χ2v) is 15.8. The Morgan fingerprint density at radius 1 is 0.804 bits per heavy atom. The third-order valence-electron chi connectivity index (χ3n) is 13.6. The van der Waals surface area contributed by atoms with Crippen molar-refractivity contribution < 1.29 is 19.1 Å². The van der Waals surface area contributed by atoms with Crippen LogP contribution in [0.25, 0.3) is 5.57 Å². The number of allylic oxidation sites excluding steroid dienone is 1. The van der Waals surface area contributed by atoms with Gasteiger partial charge in [0.1, 0.15) is 12.2 Å². The maximum atomic E-state index is 12.7. The summed E-state index contributed by atoms with van der Waals surface area (Å²) in [5.41, 5.74) is 4.31. The fourth-order valence-electron chi connectivity index (χ4n) is 11.7. The topological polar surface area (TPSA) is 52.6 Å². The van der Waals surface area contributed by atoms with Gasteiger partial charge >= 0.3 is 11.9 Å². The fourth-order valence-corrected chi connectivity index (χ4v) is 11.7. The van der Waals surface area contributed by atoms with Gasteiger partial charge in [-0.2, -0.15) is 0 Å². The summed E-state index contributed by atoms with van der Waals surface area (Å²) in [6, 6.07) is 21.7. The van der Waals surface area contributed by atoms with E-state index in [1.54, 1.807) is 6.92 Å². The van der Waals surface area contributed by atoms with Crippen LogP contribution in [0.2, 0.25) is 0 Å². The van der Waals surface area contributed by atoms with Crippen molar-refractivity contribution >= 4 is 17.5 Å². The highest BCUT2D eigenvalue weighted by Crippen LogP contribution is 2.70. The van der Waals surface area contributed by atoms with Crippen molar-refractivity contribution in [1.29, 1.82) is 0 Å². The van der Waals surface area contributed by atoms with Crippen molar-refractivity contribution in [1.82, 2.24) is 0 Å². The first kappa shape index (κ1) is 33.0. The van der Waals surface area contributed by atoms with E-state index in [1.165, 1.54) is 49.3 Å². The van der Waals surface area contributed by atoms with Crippen LogP contribution in [0.15, 0.2) is 66.7 Å². The Labute approximate surface area is 277 Å². The predicted octanol–water partition coefficient (Wildman–Crippen LogP) is 9.91. The third-order valence-corrected chi connectivity index (χ3v) is 13.6. The molecular weight excluding hydrogens is 568 g/mol. The molecule has 0 heterocycles. The number of carbonyl (C=O) groups is 2. The van der Waals surface area contributed by atoms with Crippen molar-refractivity contribution in [3.63, 3.8) is 0 Å². The van der Waals surface area contributed by atoms with Crippen LogP contribution in [-0.2, 0) is 19.1 Å². The van der Waals surface area contributed by atoms with Gasteiger partial charge in [0.2, 0.25) is 0 Å². The lowest BCUT2D eigenvalue weighted by molar-refractivity contribution is -0.219. The Balaban J connectivity index is 1.28. The summed E-state index contributed by atoms with van der Waals surface area (Å²) in [6.07, 6.45) is 12.4. The first-order chi connectivity index (χ1) is 22.1. The summed E-state index contributed by atoms with van der Waals surface area (Å²) < 4.78 is 12.2. The number of hydrogen-bond donors (Lipinski definition) is 0. The lowest BCUT2D eigenvalue weighted by Crippen LogP contribution is -2.63. The van der Waals surface area contributed by atoms with Crippen LogP contribution in [0.5, 0.6) is 0 Å². The van der Waals surface area contributed by atoms with Gasteiger partial charge in [0.25, 0.3) is 0 Å². The zero-order valence-corrected chi connectivity index (χ0v) is 29.0. The first-order valence-electron chi connectivity index (χ1n) is 18.2. The summed E-state index contributed by atoms with van der Waals surface area (Å²) in [5, 5.41) is 0. The molecule has 0 aromatic heterocycles. The zero-order chi connectivity index (χ0) is 32.6. The summed E-state index contributed by atoms with van der Waals surface area (Å²) in [5.74, 6) is 3.09. The van der Waals surface area contributed by atoms with E-state index in [9.17, 15) is 9.59 Å². The highest BCUT2D eigenvalue weighted by Gasteiger charge is 2.66. The molecule has 4 unspecified atom stereocenters. The van der Waals surface area contributed by atoms with Gasteiger partial charge < -0.3 is 9.47 Å². The first-order valence-corrected chi connectivity index (χ1v) is 18.2. The lowest BCUT2D eigenvalue weighted by Gasteiger charge is -2.65. The maximum absolute atomic E-state index is 12.7. The molecule has 0 bridgehead atoms. The number of ether oxygens (including phenoxy) is 2. The second kappa shape index (κ2) is 13.3. The molecule has 6 rings (SSSR count). The number of hydrogen-bond acceptors (Lipinski definition) is 4. The van der Waals surface area contributed by atoms with E-state index < -0.39 is 0 Å². The normalized spacial score (nSPS) is 37.2. The monoisotopic (exact) mass is 624 g/mol. The zero-order valence-electron chi connectivity index (χ0n) is 29.0. The van der Waals surface area contributed by atoms with E-state index in [0.717, 1.165) is 32.1 Å². The molecule has 0 aliphatic heterocycles. The molecule has 2 aromatic rings. The van der Waals surface area contributed by atoms with Crippen LogP contribution in [0.3, 0.4) is 0 Å². The minimum Gasteiger partial charge on any atom is -0.463 e. The van der Waals surface area contributed by atoms with E-state index >= 15 is 0 Å². The molecule has 4 saturated carbocycles. The summed E-state index contributed by atoms with van der Waals surface area (Å²) in [4.78, 5) is 24.6. The summed E-state index contributed by atoms with van der Waals surface area (Å²) >= 11 is 0. The van der Waals surface area contributed by atoms with Crippen LogP contribution < -0.4 is 0 Å². The fraction of sp³-hybridized carbons (Fsp3) is 0.619. The van der Waals surface area contributed by atoms with Crippen LogP contribution in [0.4, 0.5) is 0 Å². The number of fused-ring (bicyclic) bond motifs is 5. The van der Waals surface area contributed by atoms with Gasteiger partial charge in [-0.25, -0.2) is 0 Å². The molecule has 2 aromatic carbocycles. The molecule has 0 spiro atoms. The average Bonchev–Trinajstić information content (AvgIpc) is 3.39. The lowest BCUT2D eigenvalue weighted by atomic mass is 9.41. The highest BCUT2D eigenvalue weighted by molar-refractivity contribution is 5.79. The molecule has 4 fully saturated rings. The minimum atomic E-state index is -0.180. The van der Waals surface area contributed by atoms with Crippen molar-refractivity contribution in [2.24, 2.45) is 52.3 Å². The van der Waals surface area contributed by atoms with E-state index in [0.29, 0.717) is 41.4 Å². The van der Waals surface area contributed by atoms with Crippen LogP contribution in [0.1, 0.15) is 110 Å². The molecule has 4 aliphatic carbocycles. The predicted molar refractivity (Wildman–Crippen MR) is 185 cm³/mol. The molecule has 46 heavy (non-hydrogen) atoms. The highest BCUT2D eigenvalue weighted by atomic mass is 16.5. The van der Waals surface area contributed by atoms with Crippen molar-refractivity contribution in [2.45, 2.75) is 112 Å². The Kier molecular flexibility index (Phi) is 9.57. The molecule has 248 valence electrons. The second-order valence-electron chi connectivity index (χ2n) is 15.8.